The Morgan fingerprint density at radius 3 is 2.00 bits per heavy atom. The molecule has 2 fully saturated rings. The van der Waals surface area contributed by atoms with Crippen molar-refractivity contribution in [2.45, 2.75) is 38.7 Å². The molecule has 3 aliphatic heterocycles. The van der Waals surface area contributed by atoms with E-state index in [4.69, 9.17) is 0 Å². The summed E-state index contributed by atoms with van der Waals surface area (Å²) in [5.74, 6) is -0.337. The first-order valence-electron chi connectivity index (χ1n) is 11.0. The summed E-state index contributed by atoms with van der Waals surface area (Å²) in [5.41, 5.74) is 2.38. The molecule has 0 saturated carbocycles. The zero-order valence-corrected chi connectivity index (χ0v) is 18.0. The molecule has 0 bridgehead atoms. The second-order valence-electron chi connectivity index (χ2n) is 8.92. The van der Waals surface area contributed by atoms with Crippen LogP contribution in [0.3, 0.4) is 0 Å². The lowest BCUT2D eigenvalue weighted by atomic mass is 9.77. The summed E-state index contributed by atoms with van der Waals surface area (Å²) in [4.78, 5) is 31.6. The van der Waals surface area contributed by atoms with Crippen LogP contribution in [0.2, 0.25) is 0 Å². The highest BCUT2D eigenvalue weighted by molar-refractivity contribution is 6.00. The van der Waals surface area contributed by atoms with E-state index in [1.807, 2.05) is 34.1 Å². The fraction of sp³-hybridized carbons (Fsp3) is 0.417. The molecule has 0 aromatic heterocycles. The number of anilines is 1. The van der Waals surface area contributed by atoms with E-state index < -0.39 is 11.8 Å². The lowest BCUT2D eigenvalue weighted by Gasteiger charge is -2.39. The maximum atomic E-state index is 13.3. The van der Waals surface area contributed by atoms with Crippen LogP contribution in [0.15, 0.2) is 48.5 Å². The van der Waals surface area contributed by atoms with Crippen LogP contribution in [0.4, 0.5) is 23.7 Å². The molecule has 9 heteroatoms. The topological polar surface area (TPSA) is 53.1 Å². The number of alkyl halides is 3. The summed E-state index contributed by atoms with van der Waals surface area (Å²) in [6.45, 7) is 2.76. The molecule has 3 heterocycles. The van der Waals surface area contributed by atoms with E-state index in [1.165, 1.54) is 35.4 Å². The van der Waals surface area contributed by atoms with Gasteiger partial charge in [0.1, 0.15) is 5.75 Å². The van der Waals surface area contributed by atoms with E-state index in [0.717, 1.165) is 0 Å². The van der Waals surface area contributed by atoms with E-state index in [2.05, 4.69) is 4.74 Å². The van der Waals surface area contributed by atoms with E-state index >= 15 is 0 Å². The normalized spacial score (nSPS) is 19.8. The number of fused-ring (bicyclic) bond motifs is 1. The van der Waals surface area contributed by atoms with E-state index in [-0.39, 0.29) is 17.7 Å². The summed E-state index contributed by atoms with van der Waals surface area (Å²) in [6.07, 6.45) is -2.91. The van der Waals surface area contributed by atoms with Crippen LogP contribution in [0, 0.1) is 5.41 Å². The number of likely N-dealkylation sites (tertiary alicyclic amines) is 1. The van der Waals surface area contributed by atoms with Crippen LogP contribution in [-0.4, -0.2) is 47.7 Å². The van der Waals surface area contributed by atoms with Crippen molar-refractivity contribution in [2.75, 3.05) is 24.5 Å². The molecule has 1 spiro atoms. The number of hydrogen-bond acceptors (Lipinski definition) is 3. The predicted molar refractivity (Wildman–Crippen MR) is 114 cm³/mol. The van der Waals surface area contributed by atoms with Gasteiger partial charge >= 0.3 is 12.4 Å². The van der Waals surface area contributed by atoms with Gasteiger partial charge in [-0.1, -0.05) is 24.3 Å². The number of piperidine rings is 1. The van der Waals surface area contributed by atoms with Crippen molar-refractivity contribution in [3.63, 3.8) is 0 Å². The average Bonchev–Trinajstić information content (AvgIpc) is 3.36. The number of ether oxygens (including phenoxy) is 1. The molecule has 2 saturated heterocycles. The van der Waals surface area contributed by atoms with Crippen LogP contribution >= 0.6 is 0 Å². The Kier molecular flexibility index (Phi) is 5.22. The number of carbonyl (C=O) groups is 2. The number of nitrogens with zero attached hydrogens (tertiary/aromatic N) is 3. The first kappa shape index (κ1) is 21.6. The molecule has 0 N–H and O–H groups in total. The van der Waals surface area contributed by atoms with E-state index in [9.17, 15) is 22.8 Å². The third kappa shape index (κ3) is 4.12. The lowest BCUT2D eigenvalue weighted by Crippen LogP contribution is -2.49. The summed E-state index contributed by atoms with van der Waals surface area (Å²) in [5, 5.41) is 0. The van der Waals surface area contributed by atoms with Gasteiger partial charge < -0.3 is 19.4 Å². The minimum Gasteiger partial charge on any atom is -0.406 e. The van der Waals surface area contributed by atoms with Gasteiger partial charge in [-0.25, -0.2) is 4.79 Å². The SMILES string of the molecule is O=C(N1CCC2(CC1)CCN(c1ccc(OC(F)(F)F)cc1)C2=O)N1Cc2ccccc2C1. The van der Waals surface area contributed by atoms with Crippen LogP contribution in [-0.2, 0) is 17.9 Å². The van der Waals surface area contributed by atoms with Gasteiger partial charge in [0.05, 0.1) is 5.41 Å². The highest BCUT2D eigenvalue weighted by Gasteiger charge is 2.49. The first-order chi connectivity index (χ1) is 15.7. The fourth-order valence-electron chi connectivity index (χ4n) is 5.15. The van der Waals surface area contributed by atoms with Crippen LogP contribution in [0.1, 0.15) is 30.4 Å². The molecule has 0 radical (unpaired) electrons. The third-order valence-electron chi connectivity index (χ3n) is 7.00. The molecule has 0 atom stereocenters. The minimum absolute atomic E-state index is 0.00334. The first-order valence-corrected chi connectivity index (χ1v) is 11.0. The molecular weight excluding hydrogens is 435 g/mol. The second-order valence-corrected chi connectivity index (χ2v) is 8.92. The Bertz CT molecular complexity index is 1040. The van der Waals surface area contributed by atoms with Gasteiger partial charge in [0.25, 0.3) is 0 Å². The van der Waals surface area contributed by atoms with E-state index in [0.29, 0.717) is 57.7 Å². The highest BCUT2D eigenvalue weighted by Crippen LogP contribution is 2.43. The Labute approximate surface area is 189 Å². The molecule has 33 heavy (non-hydrogen) atoms. The summed E-state index contributed by atoms with van der Waals surface area (Å²) in [6, 6.07) is 13.4. The largest absolute Gasteiger partial charge is 0.573 e. The number of urea groups is 1. The van der Waals surface area contributed by atoms with Crippen LogP contribution in [0.25, 0.3) is 0 Å². The van der Waals surface area contributed by atoms with Crippen molar-refractivity contribution in [3.05, 3.63) is 59.7 Å². The number of halogens is 3. The molecule has 174 valence electrons. The molecule has 2 aromatic carbocycles. The van der Waals surface area contributed by atoms with E-state index in [1.54, 1.807) is 4.90 Å². The number of hydrogen-bond donors (Lipinski definition) is 0. The Morgan fingerprint density at radius 1 is 0.848 bits per heavy atom. The molecule has 5 rings (SSSR count). The molecular formula is C24H24F3N3O3. The van der Waals surface area contributed by atoms with Crippen molar-refractivity contribution in [2.24, 2.45) is 5.41 Å². The monoisotopic (exact) mass is 459 g/mol. The summed E-state index contributed by atoms with van der Waals surface area (Å²) < 4.78 is 41.1. The summed E-state index contributed by atoms with van der Waals surface area (Å²) >= 11 is 0. The molecule has 3 aliphatic rings. The predicted octanol–water partition coefficient (Wildman–Crippen LogP) is 4.54. The standard InChI is InChI=1S/C24H24F3N3O3/c25-24(26,27)33-20-7-5-19(6-8-20)30-14-11-23(21(30)31)9-12-28(13-10-23)22(32)29-15-17-3-1-2-4-18(17)16-29/h1-8H,9-16H2. The second kappa shape index (κ2) is 7.97. The average molecular weight is 459 g/mol. The maximum Gasteiger partial charge on any atom is 0.573 e. The Morgan fingerprint density at radius 2 is 1.42 bits per heavy atom. The molecule has 2 aromatic rings. The smallest absolute Gasteiger partial charge is 0.406 e. The Balaban J connectivity index is 1.20. The number of amides is 3. The van der Waals surface area contributed by atoms with Gasteiger partial charge in [-0.05, 0) is 54.7 Å². The van der Waals surface area contributed by atoms with Gasteiger partial charge in [0, 0.05) is 38.4 Å². The van der Waals surface area contributed by atoms with Crippen molar-refractivity contribution in [1.82, 2.24) is 9.80 Å². The molecule has 0 aliphatic carbocycles. The molecule has 3 amide bonds. The highest BCUT2D eigenvalue weighted by atomic mass is 19.4. The quantitative estimate of drug-likeness (QED) is 0.663. The minimum atomic E-state index is -4.75. The zero-order valence-electron chi connectivity index (χ0n) is 18.0. The molecule has 6 nitrogen and oxygen atoms in total. The van der Waals surface area contributed by atoms with Gasteiger partial charge in [0.2, 0.25) is 5.91 Å². The van der Waals surface area contributed by atoms with Gasteiger partial charge in [-0.2, -0.15) is 0 Å². The Hall–Kier alpha value is -3.23. The number of carbonyl (C=O) groups excluding carboxylic acids is 2. The van der Waals surface area contributed by atoms with Gasteiger partial charge in [-0.15, -0.1) is 13.2 Å². The maximum absolute atomic E-state index is 13.3. The lowest BCUT2D eigenvalue weighted by molar-refractivity contribution is -0.274. The zero-order chi connectivity index (χ0) is 23.2. The van der Waals surface area contributed by atoms with Crippen molar-refractivity contribution in [1.29, 1.82) is 0 Å². The van der Waals surface area contributed by atoms with Crippen molar-refractivity contribution < 1.29 is 27.5 Å². The fourth-order valence-corrected chi connectivity index (χ4v) is 5.15. The number of benzene rings is 2. The summed E-state index contributed by atoms with van der Waals surface area (Å²) in [7, 11) is 0. The third-order valence-corrected chi connectivity index (χ3v) is 7.00. The molecule has 0 unspecified atom stereocenters. The van der Waals surface area contributed by atoms with Crippen LogP contribution < -0.4 is 9.64 Å². The van der Waals surface area contributed by atoms with Gasteiger partial charge in [-0.3, -0.25) is 4.79 Å². The van der Waals surface area contributed by atoms with Crippen molar-refractivity contribution >= 4 is 17.6 Å². The van der Waals surface area contributed by atoms with Crippen molar-refractivity contribution in [3.8, 4) is 5.75 Å². The van der Waals surface area contributed by atoms with Crippen LogP contribution in [0.5, 0.6) is 5.75 Å². The van der Waals surface area contributed by atoms with Gasteiger partial charge in [0.15, 0.2) is 0 Å². The number of rotatable bonds is 2.